The minimum Gasteiger partial charge on any atom is -0.454 e. The number of hydrogen-bond acceptors (Lipinski definition) is 6. The Morgan fingerprint density at radius 1 is 1.25 bits per heavy atom. The molecule has 8 heteroatoms. The zero-order valence-electron chi connectivity index (χ0n) is 13.3. The first kappa shape index (κ1) is 15.4. The van der Waals surface area contributed by atoms with Crippen molar-refractivity contribution >= 4 is 39.6 Å². The molecule has 0 spiro atoms. The van der Waals surface area contributed by atoms with E-state index in [1.165, 1.54) is 0 Å². The van der Waals surface area contributed by atoms with E-state index in [1.807, 2.05) is 29.1 Å². The van der Waals surface area contributed by atoms with Gasteiger partial charge in [-0.3, -0.25) is 0 Å². The van der Waals surface area contributed by atoms with Gasteiger partial charge in [-0.1, -0.05) is 6.07 Å². The van der Waals surface area contributed by atoms with Crippen molar-refractivity contribution in [1.29, 1.82) is 0 Å². The van der Waals surface area contributed by atoms with Crippen LogP contribution in [0.15, 0.2) is 24.5 Å². The maximum Gasteiger partial charge on any atom is 0.231 e. The maximum atomic E-state index is 5.42. The van der Waals surface area contributed by atoms with E-state index in [1.54, 1.807) is 0 Å². The van der Waals surface area contributed by atoms with Gasteiger partial charge in [0.25, 0.3) is 0 Å². The van der Waals surface area contributed by atoms with Gasteiger partial charge in [-0.05, 0) is 31.5 Å². The smallest absolute Gasteiger partial charge is 0.231 e. The van der Waals surface area contributed by atoms with Gasteiger partial charge < -0.3 is 19.4 Å². The van der Waals surface area contributed by atoms with Crippen LogP contribution in [0.1, 0.15) is 25.5 Å². The summed E-state index contributed by atoms with van der Waals surface area (Å²) in [4.78, 5) is 13.5. The highest BCUT2D eigenvalue weighted by molar-refractivity contribution is 14.1. The quantitative estimate of drug-likeness (QED) is 0.499. The molecule has 0 aliphatic carbocycles. The average Bonchev–Trinajstić information content (AvgIpc) is 3.18. The van der Waals surface area contributed by atoms with Crippen molar-refractivity contribution < 1.29 is 9.47 Å². The van der Waals surface area contributed by atoms with E-state index in [2.05, 4.69) is 56.7 Å². The topological polar surface area (TPSA) is 74.1 Å². The molecule has 3 heterocycles. The molecule has 0 fully saturated rings. The van der Waals surface area contributed by atoms with Gasteiger partial charge in [0.15, 0.2) is 32.3 Å². The maximum absolute atomic E-state index is 5.42. The fourth-order valence-electron chi connectivity index (χ4n) is 2.63. The van der Waals surface area contributed by atoms with Crippen LogP contribution in [0.5, 0.6) is 11.5 Å². The van der Waals surface area contributed by atoms with Crippen molar-refractivity contribution in [3.63, 3.8) is 0 Å². The SMILES string of the molecule is CC(C)n1cnc2c(NCc3ccc4c(c3)OCO4)nc(I)nc21. The van der Waals surface area contributed by atoms with Gasteiger partial charge in [-0.25, -0.2) is 15.0 Å². The summed E-state index contributed by atoms with van der Waals surface area (Å²) in [6, 6.07) is 6.20. The lowest BCUT2D eigenvalue weighted by molar-refractivity contribution is 0.174. The molecule has 0 amide bonds. The standard InChI is InChI=1S/C16H16IN5O2/c1-9(2)22-7-19-13-14(20-16(17)21-15(13)22)18-6-10-3-4-11-12(5-10)24-8-23-11/h3-5,7,9H,6,8H2,1-2H3,(H,18,20,21). The van der Waals surface area contributed by atoms with E-state index in [4.69, 9.17) is 9.47 Å². The van der Waals surface area contributed by atoms with E-state index < -0.39 is 0 Å². The van der Waals surface area contributed by atoms with Crippen LogP contribution in [0.4, 0.5) is 5.82 Å². The number of halogens is 1. The molecule has 24 heavy (non-hydrogen) atoms. The number of hydrogen-bond donors (Lipinski definition) is 1. The first-order valence-electron chi connectivity index (χ1n) is 7.64. The van der Waals surface area contributed by atoms with Crippen LogP contribution >= 0.6 is 22.6 Å². The number of nitrogens with zero attached hydrogens (tertiary/aromatic N) is 4. The van der Waals surface area contributed by atoms with E-state index in [0.717, 1.165) is 34.0 Å². The van der Waals surface area contributed by atoms with Crippen LogP contribution in [0.3, 0.4) is 0 Å². The summed E-state index contributed by atoms with van der Waals surface area (Å²) in [5, 5.41) is 3.36. The number of rotatable bonds is 4. The zero-order valence-corrected chi connectivity index (χ0v) is 15.4. The molecule has 1 N–H and O–H groups in total. The minimum atomic E-state index is 0.281. The molecule has 2 aromatic heterocycles. The molecule has 4 rings (SSSR count). The molecule has 124 valence electrons. The Morgan fingerprint density at radius 3 is 2.92 bits per heavy atom. The molecule has 0 atom stereocenters. The van der Waals surface area contributed by atoms with Crippen LogP contribution in [-0.2, 0) is 6.54 Å². The summed E-state index contributed by atoms with van der Waals surface area (Å²) in [5.41, 5.74) is 2.71. The Labute approximate surface area is 152 Å². The number of aromatic nitrogens is 4. The fourth-order valence-corrected chi connectivity index (χ4v) is 3.10. The van der Waals surface area contributed by atoms with E-state index in [-0.39, 0.29) is 6.79 Å². The number of fused-ring (bicyclic) bond motifs is 2. The summed E-state index contributed by atoms with van der Waals surface area (Å²) in [7, 11) is 0. The molecule has 1 aliphatic rings. The van der Waals surface area contributed by atoms with Crippen molar-refractivity contribution in [3.8, 4) is 11.5 Å². The summed E-state index contributed by atoms with van der Waals surface area (Å²) < 4.78 is 13.5. The Bertz CT molecular complexity index is 909. The number of ether oxygens (including phenoxy) is 2. The zero-order chi connectivity index (χ0) is 16.7. The molecule has 1 aromatic carbocycles. The average molecular weight is 437 g/mol. The van der Waals surface area contributed by atoms with Gasteiger partial charge in [-0.2, -0.15) is 0 Å². The lowest BCUT2D eigenvalue weighted by atomic mass is 10.2. The Morgan fingerprint density at radius 2 is 2.08 bits per heavy atom. The monoisotopic (exact) mass is 437 g/mol. The van der Waals surface area contributed by atoms with Crippen LogP contribution < -0.4 is 14.8 Å². The van der Waals surface area contributed by atoms with Gasteiger partial charge >= 0.3 is 0 Å². The van der Waals surface area contributed by atoms with Crippen molar-refractivity contribution in [2.45, 2.75) is 26.4 Å². The molecule has 7 nitrogen and oxygen atoms in total. The second-order valence-corrected chi connectivity index (χ2v) is 6.77. The van der Waals surface area contributed by atoms with Gasteiger partial charge in [0.1, 0.15) is 0 Å². The Balaban J connectivity index is 1.62. The number of benzene rings is 1. The van der Waals surface area contributed by atoms with Crippen molar-refractivity contribution in [3.05, 3.63) is 33.9 Å². The predicted molar refractivity (Wildman–Crippen MR) is 98.3 cm³/mol. The Kier molecular flexibility index (Phi) is 3.91. The second kappa shape index (κ2) is 6.08. The predicted octanol–water partition coefficient (Wildman–Crippen LogP) is 3.35. The molecule has 0 radical (unpaired) electrons. The molecule has 0 bridgehead atoms. The number of anilines is 1. The van der Waals surface area contributed by atoms with Crippen LogP contribution in [0.2, 0.25) is 0 Å². The van der Waals surface area contributed by atoms with Gasteiger partial charge in [-0.15, -0.1) is 0 Å². The van der Waals surface area contributed by atoms with Crippen molar-refractivity contribution in [2.24, 2.45) is 0 Å². The summed E-state index contributed by atoms with van der Waals surface area (Å²) in [6.07, 6.45) is 1.81. The molecule has 0 unspecified atom stereocenters. The molecular weight excluding hydrogens is 421 g/mol. The normalized spacial score (nSPS) is 13.0. The van der Waals surface area contributed by atoms with Crippen LogP contribution in [-0.4, -0.2) is 26.3 Å². The van der Waals surface area contributed by atoms with E-state index >= 15 is 0 Å². The summed E-state index contributed by atoms with van der Waals surface area (Å²) in [6.45, 7) is 5.11. The lowest BCUT2D eigenvalue weighted by Crippen LogP contribution is -2.06. The van der Waals surface area contributed by atoms with Crippen LogP contribution in [0, 0.1) is 3.83 Å². The molecular formula is C16H16IN5O2. The minimum absolute atomic E-state index is 0.281. The Hall–Kier alpha value is -2.10. The summed E-state index contributed by atoms with van der Waals surface area (Å²) >= 11 is 2.13. The van der Waals surface area contributed by atoms with Gasteiger partial charge in [0.2, 0.25) is 6.79 Å². The number of nitrogens with one attached hydrogen (secondary N) is 1. The van der Waals surface area contributed by atoms with Gasteiger partial charge in [0.05, 0.1) is 6.33 Å². The van der Waals surface area contributed by atoms with Crippen molar-refractivity contribution in [1.82, 2.24) is 19.5 Å². The molecule has 3 aromatic rings. The summed E-state index contributed by atoms with van der Waals surface area (Å²) in [5.74, 6) is 2.30. The highest BCUT2D eigenvalue weighted by atomic mass is 127. The molecule has 0 saturated carbocycles. The fraction of sp³-hybridized carbons (Fsp3) is 0.312. The third-order valence-electron chi connectivity index (χ3n) is 3.85. The van der Waals surface area contributed by atoms with Gasteiger partial charge in [0, 0.05) is 35.2 Å². The van der Waals surface area contributed by atoms with Crippen LogP contribution in [0.25, 0.3) is 11.2 Å². The number of imidazole rings is 1. The lowest BCUT2D eigenvalue weighted by Gasteiger charge is -2.10. The first-order chi connectivity index (χ1) is 11.6. The molecule has 0 saturated heterocycles. The largest absolute Gasteiger partial charge is 0.454 e. The highest BCUT2D eigenvalue weighted by Gasteiger charge is 2.15. The highest BCUT2D eigenvalue weighted by Crippen LogP contribution is 2.32. The first-order valence-corrected chi connectivity index (χ1v) is 8.72. The van der Waals surface area contributed by atoms with Crippen molar-refractivity contribution in [2.75, 3.05) is 12.1 Å². The van der Waals surface area contributed by atoms with E-state index in [9.17, 15) is 0 Å². The third-order valence-corrected chi connectivity index (χ3v) is 4.33. The molecule has 1 aliphatic heterocycles. The van der Waals surface area contributed by atoms with E-state index in [0.29, 0.717) is 16.4 Å². The third kappa shape index (κ3) is 2.74. The second-order valence-electron chi connectivity index (χ2n) is 5.80.